The molecule has 1 saturated carbocycles. The van der Waals surface area contributed by atoms with Gasteiger partial charge in [-0.3, -0.25) is 0 Å². The molecule has 0 aromatic heterocycles. The van der Waals surface area contributed by atoms with Crippen LogP contribution < -0.4 is 0 Å². The van der Waals surface area contributed by atoms with Gasteiger partial charge < -0.3 is 4.74 Å². The monoisotopic (exact) mass is 126 g/mol. The zero-order chi connectivity index (χ0) is 6.43. The molecule has 0 amide bonds. The SMILES string of the molecule is CC1C(C)C2OCCC12. The molecule has 0 radical (unpaired) electrons. The van der Waals surface area contributed by atoms with E-state index in [2.05, 4.69) is 13.8 Å². The predicted octanol–water partition coefficient (Wildman–Crippen LogP) is 1.68. The zero-order valence-corrected chi connectivity index (χ0v) is 6.13. The van der Waals surface area contributed by atoms with Crippen molar-refractivity contribution in [2.45, 2.75) is 26.4 Å². The van der Waals surface area contributed by atoms with Crippen molar-refractivity contribution in [1.29, 1.82) is 0 Å². The van der Waals surface area contributed by atoms with Crippen molar-refractivity contribution in [1.82, 2.24) is 0 Å². The smallest absolute Gasteiger partial charge is 0.0634 e. The summed E-state index contributed by atoms with van der Waals surface area (Å²) in [5, 5.41) is 0. The summed E-state index contributed by atoms with van der Waals surface area (Å²) in [6, 6.07) is 0. The Kier molecular flexibility index (Phi) is 1.10. The molecule has 1 heterocycles. The fraction of sp³-hybridized carbons (Fsp3) is 1.00. The van der Waals surface area contributed by atoms with Gasteiger partial charge in [0.05, 0.1) is 6.10 Å². The standard InChI is InChI=1S/C8H14O/c1-5-6(2)8-7(5)3-4-9-8/h5-8H,3-4H2,1-2H3. The highest BCUT2D eigenvalue weighted by Crippen LogP contribution is 2.47. The first-order valence-electron chi connectivity index (χ1n) is 3.92. The van der Waals surface area contributed by atoms with Crippen LogP contribution in [0.3, 0.4) is 0 Å². The molecule has 0 aromatic carbocycles. The third kappa shape index (κ3) is 0.586. The van der Waals surface area contributed by atoms with E-state index in [1.807, 2.05) is 0 Å². The highest BCUT2D eigenvalue weighted by Gasteiger charge is 2.48. The maximum Gasteiger partial charge on any atom is 0.0634 e. The lowest BCUT2D eigenvalue weighted by Gasteiger charge is -2.43. The molecule has 0 N–H and O–H groups in total. The molecule has 2 rings (SSSR count). The Balaban J connectivity index is 2.06. The Morgan fingerprint density at radius 2 is 2.00 bits per heavy atom. The van der Waals surface area contributed by atoms with Gasteiger partial charge in [0.15, 0.2) is 0 Å². The topological polar surface area (TPSA) is 9.23 Å². The number of hydrogen-bond donors (Lipinski definition) is 0. The highest BCUT2D eigenvalue weighted by molar-refractivity contribution is 4.96. The van der Waals surface area contributed by atoms with E-state index in [0.29, 0.717) is 6.10 Å². The average Bonchev–Trinajstić information content (AvgIpc) is 2.30. The van der Waals surface area contributed by atoms with Gasteiger partial charge in [-0.05, 0) is 24.2 Å². The molecule has 0 spiro atoms. The van der Waals surface area contributed by atoms with Crippen LogP contribution in [0.4, 0.5) is 0 Å². The van der Waals surface area contributed by atoms with E-state index in [9.17, 15) is 0 Å². The van der Waals surface area contributed by atoms with Gasteiger partial charge in [0.25, 0.3) is 0 Å². The number of rotatable bonds is 0. The molecule has 4 unspecified atom stereocenters. The largest absolute Gasteiger partial charge is 0.378 e. The number of ether oxygens (including phenoxy) is 1. The summed E-state index contributed by atoms with van der Waals surface area (Å²) in [4.78, 5) is 0. The van der Waals surface area contributed by atoms with Crippen LogP contribution >= 0.6 is 0 Å². The summed E-state index contributed by atoms with van der Waals surface area (Å²) >= 11 is 0. The van der Waals surface area contributed by atoms with E-state index in [1.54, 1.807) is 0 Å². The Hall–Kier alpha value is -0.0400. The van der Waals surface area contributed by atoms with Gasteiger partial charge in [-0.25, -0.2) is 0 Å². The second-order valence-corrected chi connectivity index (χ2v) is 3.51. The quantitative estimate of drug-likeness (QED) is 0.480. The van der Waals surface area contributed by atoms with Crippen molar-refractivity contribution in [2.75, 3.05) is 6.61 Å². The van der Waals surface area contributed by atoms with E-state index >= 15 is 0 Å². The second kappa shape index (κ2) is 1.72. The lowest BCUT2D eigenvalue weighted by atomic mass is 9.64. The molecule has 0 bridgehead atoms. The van der Waals surface area contributed by atoms with Gasteiger partial charge >= 0.3 is 0 Å². The Morgan fingerprint density at radius 3 is 2.67 bits per heavy atom. The normalized spacial score (nSPS) is 56.7. The zero-order valence-electron chi connectivity index (χ0n) is 6.13. The van der Waals surface area contributed by atoms with Crippen LogP contribution in [-0.2, 0) is 4.74 Å². The summed E-state index contributed by atoms with van der Waals surface area (Å²) in [7, 11) is 0. The fourth-order valence-corrected chi connectivity index (χ4v) is 2.28. The number of fused-ring (bicyclic) bond motifs is 1. The Labute approximate surface area is 56.4 Å². The summed E-state index contributed by atoms with van der Waals surface area (Å²) in [6.45, 7) is 5.67. The van der Waals surface area contributed by atoms with E-state index < -0.39 is 0 Å². The summed E-state index contributed by atoms with van der Waals surface area (Å²) in [5.74, 6) is 2.68. The third-order valence-electron chi connectivity index (χ3n) is 3.21. The number of hydrogen-bond acceptors (Lipinski definition) is 1. The van der Waals surface area contributed by atoms with Gasteiger partial charge in [-0.2, -0.15) is 0 Å². The summed E-state index contributed by atoms with van der Waals surface area (Å²) < 4.78 is 5.53. The summed E-state index contributed by atoms with van der Waals surface area (Å²) in [5.41, 5.74) is 0. The van der Waals surface area contributed by atoms with Crippen molar-refractivity contribution >= 4 is 0 Å². The first-order chi connectivity index (χ1) is 4.30. The van der Waals surface area contributed by atoms with Crippen LogP contribution in [-0.4, -0.2) is 12.7 Å². The molecule has 1 saturated heterocycles. The first-order valence-corrected chi connectivity index (χ1v) is 3.92. The van der Waals surface area contributed by atoms with Gasteiger partial charge in [0.2, 0.25) is 0 Å². The lowest BCUT2D eigenvalue weighted by Crippen LogP contribution is -2.45. The highest BCUT2D eigenvalue weighted by atomic mass is 16.5. The van der Waals surface area contributed by atoms with Gasteiger partial charge in [0, 0.05) is 6.61 Å². The van der Waals surface area contributed by atoms with Gasteiger partial charge in [0.1, 0.15) is 0 Å². The molecule has 4 atom stereocenters. The van der Waals surface area contributed by atoms with E-state index in [-0.39, 0.29) is 0 Å². The molecular formula is C8H14O. The molecule has 9 heavy (non-hydrogen) atoms. The molecule has 52 valence electrons. The summed E-state index contributed by atoms with van der Waals surface area (Å²) in [6.07, 6.45) is 1.95. The molecular weight excluding hydrogens is 112 g/mol. The Morgan fingerprint density at radius 1 is 1.22 bits per heavy atom. The molecule has 2 aliphatic rings. The predicted molar refractivity (Wildman–Crippen MR) is 36.2 cm³/mol. The van der Waals surface area contributed by atoms with Crippen molar-refractivity contribution in [3.8, 4) is 0 Å². The average molecular weight is 126 g/mol. The maximum atomic E-state index is 5.53. The lowest BCUT2D eigenvalue weighted by molar-refractivity contribution is -0.0623. The molecule has 0 aromatic rings. The molecule has 1 aliphatic heterocycles. The van der Waals surface area contributed by atoms with Gasteiger partial charge in [-0.15, -0.1) is 0 Å². The van der Waals surface area contributed by atoms with Crippen molar-refractivity contribution in [2.24, 2.45) is 17.8 Å². The van der Waals surface area contributed by atoms with E-state index in [1.165, 1.54) is 6.42 Å². The van der Waals surface area contributed by atoms with E-state index in [0.717, 1.165) is 24.4 Å². The Bertz CT molecular complexity index is 108. The van der Waals surface area contributed by atoms with Crippen molar-refractivity contribution in [3.05, 3.63) is 0 Å². The third-order valence-corrected chi connectivity index (χ3v) is 3.21. The first kappa shape index (κ1) is 5.72. The van der Waals surface area contributed by atoms with Gasteiger partial charge in [-0.1, -0.05) is 13.8 Å². The van der Waals surface area contributed by atoms with Crippen LogP contribution in [0.5, 0.6) is 0 Å². The van der Waals surface area contributed by atoms with Crippen molar-refractivity contribution < 1.29 is 4.74 Å². The van der Waals surface area contributed by atoms with Crippen LogP contribution in [0.15, 0.2) is 0 Å². The van der Waals surface area contributed by atoms with Crippen LogP contribution in [0.25, 0.3) is 0 Å². The molecule has 1 aliphatic carbocycles. The molecule has 1 heteroatoms. The van der Waals surface area contributed by atoms with E-state index in [4.69, 9.17) is 4.74 Å². The fourth-order valence-electron chi connectivity index (χ4n) is 2.28. The minimum atomic E-state index is 0.639. The van der Waals surface area contributed by atoms with Crippen LogP contribution in [0, 0.1) is 17.8 Å². The molecule has 1 nitrogen and oxygen atoms in total. The van der Waals surface area contributed by atoms with Crippen LogP contribution in [0.1, 0.15) is 20.3 Å². The maximum absolute atomic E-state index is 5.53. The second-order valence-electron chi connectivity index (χ2n) is 3.51. The minimum Gasteiger partial charge on any atom is -0.378 e. The molecule has 2 fully saturated rings. The minimum absolute atomic E-state index is 0.639. The van der Waals surface area contributed by atoms with Crippen LogP contribution in [0.2, 0.25) is 0 Å². The van der Waals surface area contributed by atoms with Crippen molar-refractivity contribution in [3.63, 3.8) is 0 Å².